The summed E-state index contributed by atoms with van der Waals surface area (Å²) in [7, 11) is 1.79. The number of nitrogens with zero attached hydrogens (tertiary/aromatic N) is 2. The third-order valence-electron chi connectivity index (χ3n) is 3.66. The molecular weight excluding hydrogens is 250 g/mol. The van der Waals surface area contributed by atoms with Gasteiger partial charge in [0.05, 0.1) is 11.2 Å². The summed E-state index contributed by atoms with van der Waals surface area (Å²) >= 11 is 0. The van der Waals surface area contributed by atoms with Gasteiger partial charge in [-0.05, 0) is 32.0 Å². The molecule has 4 heteroatoms. The van der Waals surface area contributed by atoms with E-state index < -0.39 is 0 Å². The maximum Gasteiger partial charge on any atom is 0.252 e. The lowest BCUT2D eigenvalue weighted by Gasteiger charge is -2.15. The molecule has 1 aromatic carbocycles. The van der Waals surface area contributed by atoms with Crippen LogP contribution < -0.4 is 11.0 Å². The summed E-state index contributed by atoms with van der Waals surface area (Å²) in [6, 6.07) is 13.6. The second-order valence-electron chi connectivity index (χ2n) is 5.04. The summed E-state index contributed by atoms with van der Waals surface area (Å²) < 4.78 is 3.65. The van der Waals surface area contributed by atoms with Crippen LogP contribution in [0.15, 0.2) is 47.3 Å². The molecule has 0 radical (unpaired) electrons. The normalized spacial score (nSPS) is 10.9. The number of hydrogen-bond acceptors (Lipinski definition) is 2. The molecule has 20 heavy (non-hydrogen) atoms. The smallest absolute Gasteiger partial charge is 0.252 e. The number of rotatable bonds is 2. The van der Waals surface area contributed by atoms with Crippen LogP contribution in [0, 0.1) is 13.8 Å². The molecule has 0 aliphatic carbocycles. The Kier molecular flexibility index (Phi) is 2.86. The standard InChI is InChI=1S/C16H17N3O/c1-11-8-9-12(2)19(11)17-14-10-16(20)18(3)15-7-5-4-6-13(14)15/h4-10,17H,1-3H3. The number of aryl methyl sites for hydroxylation is 3. The molecule has 0 atom stereocenters. The molecule has 0 amide bonds. The zero-order valence-corrected chi connectivity index (χ0v) is 11.8. The summed E-state index contributed by atoms with van der Waals surface area (Å²) in [5.41, 5.74) is 7.27. The van der Waals surface area contributed by atoms with Gasteiger partial charge in [0.15, 0.2) is 0 Å². The van der Waals surface area contributed by atoms with Gasteiger partial charge >= 0.3 is 0 Å². The maximum absolute atomic E-state index is 12.1. The Bertz CT molecular complexity index is 823. The van der Waals surface area contributed by atoms with Crippen molar-refractivity contribution in [1.29, 1.82) is 0 Å². The Morgan fingerprint density at radius 1 is 1.00 bits per heavy atom. The lowest BCUT2D eigenvalue weighted by molar-refractivity contribution is 0.872. The van der Waals surface area contributed by atoms with Crippen molar-refractivity contribution in [3.05, 3.63) is 64.2 Å². The van der Waals surface area contributed by atoms with Gasteiger partial charge in [0.1, 0.15) is 0 Å². The largest absolute Gasteiger partial charge is 0.311 e. The number of pyridine rings is 1. The Labute approximate surface area is 117 Å². The fourth-order valence-corrected chi connectivity index (χ4v) is 2.47. The molecule has 0 saturated carbocycles. The zero-order valence-electron chi connectivity index (χ0n) is 11.8. The summed E-state index contributed by atoms with van der Waals surface area (Å²) in [5, 5.41) is 1.03. The van der Waals surface area contributed by atoms with Crippen LogP contribution in [0.1, 0.15) is 11.4 Å². The van der Waals surface area contributed by atoms with Crippen molar-refractivity contribution in [1.82, 2.24) is 9.24 Å². The third kappa shape index (κ3) is 1.90. The molecule has 0 unspecified atom stereocenters. The van der Waals surface area contributed by atoms with Crippen molar-refractivity contribution < 1.29 is 0 Å². The number of para-hydroxylation sites is 1. The number of hydrogen-bond donors (Lipinski definition) is 1. The van der Waals surface area contributed by atoms with Crippen LogP contribution >= 0.6 is 0 Å². The Hall–Kier alpha value is -2.49. The van der Waals surface area contributed by atoms with Crippen LogP contribution in [0.5, 0.6) is 0 Å². The van der Waals surface area contributed by atoms with E-state index in [-0.39, 0.29) is 5.56 Å². The van der Waals surface area contributed by atoms with Gasteiger partial charge in [-0.1, -0.05) is 18.2 Å². The van der Waals surface area contributed by atoms with Gasteiger partial charge in [-0.3, -0.25) is 14.9 Å². The van der Waals surface area contributed by atoms with Crippen molar-refractivity contribution in [2.75, 3.05) is 5.43 Å². The zero-order chi connectivity index (χ0) is 14.3. The van der Waals surface area contributed by atoms with Gasteiger partial charge in [-0.15, -0.1) is 0 Å². The molecule has 0 saturated heterocycles. The minimum atomic E-state index is -0.0198. The highest BCUT2D eigenvalue weighted by Crippen LogP contribution is 2.21. The van der Waals surface area contributed by atoms with E-state index in [0.29, 0.717) is 0 Å². The van der Waals surface area contributed by atoms with Crippen LogP contribution in [0.3, 0.4) is 0 Å². The Morgan fingerprint density at radius 2 is 1.65 bits per heavy atom. The van der Waals surface area contributed by atoms with Crippen molar-refractivity contribution in [2.45, 2.75) is 13.8 Å². The third-order valence-corrected chi connectivity index (χ3v) is 3.66. The molecule has 0 fully saturated rings. The van der Waals surface area contributed by atoms with E-state index in [1.165, 1.54) is 0 Å². The monoisotopic (exact) mass is 267 g/mol. The quantitative estimate of drug-likeness (QED) is 0.775. The highest BCUT2D eigenvalue weighted by Gasteiger charge is 2.08. The molecule has 1 N–H and O–H groups in total. The molecule has 4 nitrogen and oxygen atoms in total. The average molecular weight is 267 g/mol. The van der Waals surface area contributed by atoms with Gasteiger partial charge < -0.3 is 4.57 Å². The number of nitrogens with one attached hydrogen (secondary N) is 1. The highest BCUT2D eigenvalue weighted by molar-refractivity contribution is 5.91. The molecule has 0 aliphatic heterocycles. The lowest BCUT2D eigenvalue weighted by Crippen LogP contribution is -2.20. The molecule has 2 aromatic heterocycles. The maximum atomic E-state index is 12.1. The first-order valence-electron chi connectivity index (χ1n) is 6.58. The van der Waals surface area contributed by atoms with Crippen LogP contribution in [0.4, 0.5) is 5.69 Å². The van der Waals surface area contributed by atoms with E-state index in [1.807, 2.05) is 54.9 Å². The topological polar surface area (TPSA) is 39.0 Å². The Balaban J connectivity index is 2.22. The molecule has 3 aromatic rings. The molecule has 3 rings (SSSR count). The van der Waals surface area contributed by atoms with E-state index in [0.717, 1.165) is 28.0 Å². The number of anilines is 1. The SMILES string of the molecule is Cc1ccc(C)n1Nc1cc(=O)n(C)c2ccccc12. The molecule has 102 valence electrons. The van der Waals surface area contributed by atoms with Crippen molar-refractivity contribution >= 4 is 16.6 Å². The first kappa shape index (κ1) is 12.5. The molecular formula is C16H17N3O. The first-order chi connectivity index (χ1) is 9.58. The van der Waals surface area contributed by atoms with Gasteiger partial charge in [0, 0.05) is 29.9 Å². The predicted molar refractivity (Wildman–Crippen MR) is 82.1 cm³/mol. The number of aromatic nitrogens is 2. The van der Waals surface area contributed by atoms with Crippen LogP contribution in [-0.4, -0.2) is 9.24 Å². The van der Waals surface area contributed by atoms with Crippen LogP contribution in [0.2, 0.25) is 0 Å². The second-order valence-corrected chi connectivity index (χ2v) is 5.04. The minimum absolute atomic E-state index is 0.0198. The average Bonchev–Trinajstić information content (AvgIpc) is 2.76. The van der Waals surface area contributed by atoms with E-state index in [1.54, 1.807) is 17.7 Å². The van der Waals surface area contributed by atoms with Gasteiger partial charge in [0.2, 0.25) is 0 Å². The van der Waals surface area contributed by atoms with Gasteiger partial charge in [0.25, 0.3) is 5.56 Å². The van der Waals surface area contributed by atoms with Crippen molar-refractivity contribution in [3.8, 4) is 0 Å². The van der Waals surface area contributed by atoms with E-state index in [4.69, 9.17) is 0 Å². The predicted octanol–water partition coefficient (Wildman–Crippen LogP) is 2.83. The fraction of sp³-hybridized carbons (Fsp3) is 0.188. The van der Waals surface area contributed by atoms with Crippen molar-refractivity contribution in [3.63, 3.8) is 0 Å². The molecule has 0 aliphatic rings. The van der Waals surface area contributed by atoms with E-state index >= 15 is 0 Å². The second kappa shape index (κ2) is 4.56. The first-order valence-corrected chi connectivity index (χ1v) is 6.58. The molecule has 2 heterocycles. The summed E-state index contributed by atoms with van der Waals surface area (Å²) in [5.74, 6) is 0. The highest BCUT2D eigenvalue weighted by atomic mass is 16.1. The summed E-state index contributed by atoms with van der Waals surface area (Å²) in [4.78, 5) is 12.1. The molecule has 0 bridgehead atoms. The van der Waals surface area contributed by atoms with Gasteiger partial charge in [-0.25, -0.2) is 0 Å². The van der Waals surface area contributed by atoms with E-state index in [2.05, 4.69) is 5.43 Å². The van der Waals surface area contributed by atoms with Crippen LogP contribution in [0.25, 0.3) is 10.9 Å². The van der Waals surface area contributed by atoms with Gasteiger partial charge in [-0.2, -0.15) is 0 Å². The Morgan fingerprint density at radius 3 is 2.35 bits per heavy atom. The summed E-state index contributed by atoms with van der Waals surface area (Å²) in [6.45, 7) is 4.06. The number of fused-ring (bicyclic) bond motifs is 1. The fourth-order valence-electron chi connectivity index (χ4n) is 2.47. The molecule has 0 spiro atoms. The van der Waals surface area contributed by atoms with Crippen LogP contribution in [-0.2, 0) is 7.05 Å². The van der Waals surface area contributed by atoms with Crippen molar-refractivity contribution in [2.24, 2.45) is 7.05 Å². The lowest BCUT2D eigenvalue weighted by atomic mass is 10.2. The summed E-state index contributed by atoms with van der Waals surface area (Å²) in [6.07, 6.45) is 0. The minimum Gasteiger partial charge on any atom is -0.311 e. The van der Waals surface area contributed by atoms with E-state index in [9.17, 15) is 4.79 Å². The number of benzene rings is 1.